The molecule has 7 aromatic rings. The summed E-state index contributed by atoms with van der Waals surface area (Å²) in [6.07, 6.45) is 0.510. The van der Waals surface area contributed by atoms with Crippen LogP contribution in [0.2, 0.25) is 0 Å². The van der Waals surface area contributed by atoms with Crippen molar-refractivity contribution in [1.82, 2.24) is 37.8 Å². The van der Waals surface area contributed by atoms with E-state index < -0.39 is 59.8 Å². The second kappa shape index (κ2) is 17.1. The molecule has 0 saturated heterocycles. The summed E-state index contributed by atoms with van der Waals surface area (Å²) < 4.78 is 74.7. The van der Waals surface area contributed by atoms with Crippen LogP contribution in [0.25, 0.3) is 22.1 Å². The normalized spacial score (nSPS) is 12.8. The summed E-state index contributed by atoms with van der Waals surface area (Å²) >= 11 is 0. The van der Waals surface area contributed by atoms with Gasteiger partial charge in [-0.2, -0.15) is 37.7 Å². The number of fused-ring (bicyclic) bond motifs is 2. The van der Waals surface area contributed by atoms with E-state index >= 15 is 17.6 Å². The van der Waals surface area contributed by atoms with Gasteiger partial charge < -0.3 is 29.7 Å². The Hall–Kier alpha value is -7.38. The van der Waals surface area contributed by atoms with Crippen molar-refractivity contribution < 1.29 is 36.7 Å². The van der Waals surface area contributed by atoms with Gasteiger partial charge in [-0.15, -0.1) is 0 Å². The molecule has 0 aliphatic rings. The van der Waals surface area contributed by atoms with Gasteiger partial charge in [0.25, 0.3) is 11.8 Å². The van der Waals surface area contributed by atoms with Crippen molar-refractivity contribution in [2.24, 2.45) is 35.5 Å². The number of amides is 4. The van der Waals surface area contributed by atoms with Gasteiger partial charge in [-0.05, 0) is 94.1 Å². The zero-order chi connectivity index (χ0) is 46.4. The van der Waals surface area contributed by atoms with Crippen LogP contribution in [0.4, 0.5) is 17.6 Å². The fourth-order valence-electron chi connectivity index (χ4n) is 7.88. The topological polar surface area (TPSA) is 200 Å². The lowest BCUT2D eigenvalue weighted by Crippen LogP contribution is -2.49. The molecule has 4 amide bonds. The molecular weight excluding hydrogens is 837 g/mol. The number of nitrogens with two attached hydrogens (primary N) is 2. The Morgan fingerprint density at radius 2 is 1.12 bits per heavy atom. The van der Waals surface area contributed by atoms with Crippen LogP contribution >= 0.6 is 0 Å². The SMILES string of the molecule is CCn1nc(C)cc1C(=O)N=c1n(C)c2cc(C(N)=O)ccc2n1CC(F)(F)C(F)(F)Cn1c(=NC(=O)c2cc(C)nn2CC)n(C)c2cc(C(N)=O)cc(CCc3ccccc3)c21. The predicted octanol–water partition coefficient (Wildman–Crippen LogP) is 4.76. The van der Waals surface area contributed by atoms with Gasteiger partial charge >= 0.3 is 11.8 Å². The summed E-state index contributed by atoms with van der Waals surface area (Å²) in [5, 5.41) is 8.54. The minimum Gasteiger partial charge on any atom is -0.366 e. The van der Waals surface area contributed by atoms with E-state index in [1.165, 1.54) is 75.1 Å². The Morgan fingerprint density at radius 3 is 1.66 bits per heavy atom. The molecule has 16 nitrogen and oxygen atoms in total. The summed E-state index contributed by atoms with van der Waals surface area (Å²) in [5.41, 5.74) is 12.8. The number of aromatic nitrogens is 8. The van der Waals surface area contributed by atoms with Crippen molar-refractivity contribution in [3.05, 3.63) is 129 Å². The molecular formula is C44H46F4N12O4. The minimum absolute atomic E-state index is 0.00667. The van der Waals surface area contributed by atoms with Crippen LogP contribution in [0.1, 0.15) is 78.1 Å². The molecule has 20 heteroatoms. The van der Waals surface area contributed by atoms with E-state index in [0.29, 0.717) is 23.4 Å². The first-order valence-electron chi connectivity index (χ1n) is 20.3. The Kier molecular flexibility index (Phi) is 11.9. The van der Waals surface area contributed by atoms with E-state index in [-0.39, 0.29) is 64.1 Å². The van der Waals surface area contributed by atoms with Crippen LogP contribution in [-0.2, 0) is 53.1 Å². The fourth-order valence-corrected chi connectivity index (χ4v) is 7.88. The summed E-state index contributed by atoms with van der Waals surface area (Å²) in [5.74, 6) is -13.2. The maximum absolute atomic E-state index is 17.0. The van der Waals surface area contributed by atoms with Crippen molar-refractivity contribution >= 4 is 45.7 Å². The standard InChI is InChI=1S/C44H46F4N12O4/c1-7-59-34(18-25(3)53-59)39(63)51-41-55(5)32-21-29(37(49)61)16-17-31(32)57(41)23-43(45,46)44(47,48)24-58-36-28(15-14-27-12-10-9-11-13-27)20-30(38(50)62)22-33(36)56(6)42(58)52-40(64)35-19-26(4)54-60(35)8-2/h9-13,16-22H,7-8,14-15,23-24H2,1-6H3,(H2,49,61)(H2,50,62). The molecule has 3 aromatic carbocycles. The van der Waals surface area contributed by atoms with E-state index in [1.54, 1.807) is 27.7 Å². The molecule has 0 fully saturated rings. The lowest BCUT2D eigenvalue weighted by molar-refractivity contribution is -0.221. The molecule has 0 radical (unpaired) electrons. The summed E-state index contributed by atoms with van der Waals surface area (Å²) in [6, 6.07) is 18.7. The number of nitrogens with zero attached hydrogens (tertiary/aromatic N) is 10. The predicted molar refractivity (Wildman–Crippen MR) is 228 cm³/mol. The van der Waals surface area contributed by atoms with Gasteiger partial charge in [0, 0.05) is 38.3 Å². The number of primary amides is 2. The third kappa shape index (κ3) is 8.29. The van der Waals surface area contributed by atoms with Gasteiger partial charge in [-0.1, -0.05) is 30.3 Å². The van der Waals surface area contributed by atoms with Gasteiger partial charge in [0.1, 0.15) is 11.4 Å². The summed E-state index contributed by atoms with van der Waals surface area (Å²) in [7, 11) is 2.80. The zero-order valence-corrected chi connectivity index (χ0v) is 35.9. The number of imidazole rings is 2. The highest BCUT2D eigenvalue weighted by molar-refractivity contribution is 5.98. The van der Waals surface area contributed by atoms with Crippen LogP contribution in [-0.4, -0.2) is 73.3 Å². The Labute approximate surface area is 362 Å². The number of rotatable bonds is 14. The molecule has 0 unspecified atom stereocenters. The number of benzene rings is 3. The smallest absolute Gasteiger partial charge is 0.329 e. The van der Waals surface area contributed by atoms with E-state index in [4.69, 9.17) is 11.5 Å². The molecule has 0 saturated carbocycles. The number of carbonyl (C=O) groups is 4. The largest absolute Gasteiger partial charge is 0.366 e. The molecule has 0 spiro atoms. The molecule has 64 heavy (non-hydrogen) atoms. The van der Waals surface area contributed by atoms with E-state index in [1.807, 2.05) is 30.3 Å². The maximum atomic E-state index is 17.0. The van der Waals surface area contributed by atoms with Gasteiger partial charge in [-0.3, -0.25) is 28.5 Å². The number of halogens is 4. The number of hydrogen-bond donors (Lipinski definition) is 2. The van der Waals surface area contributed by atoms with Crippen LogP contribution in [0.15, 0.2) is 82.8 Å². The highest BCUT2D eigenvalue weighted by Crippen LogP contribution is 2.38. The number of aryl methyl sites for hydroxylation is 8. The zero-order valence-electron chi connectivity index (χ0n) is 35.9. The monoisotopic (exact) mass is 882 g/mol. The first-order valence-corrected chi connectivity index (χ1v) is 20.3. The third-order valence-corrected chi connectivity index (χ3v) is 11.1. The second-order valence-corrected chi connectivity index (χ2v) is 15.5. The number of carbonyl (C=O) groups excluding carboxylic acids is 4. The lowest BCUT2D eigenvalue weighted by atomic mass is 10.00. The van der Waals surface area contributed by atoms with E-state index in [2.05, 4.69) is 20.2 Å². The van der Waals surface area contributed by atoms with Crippen molar-refractivity contribution in [3.8, 4) is 0 Å². The molecule has 0 aliphatic carbocycles. The molecule has 0 bridgehead atoms. The van der Waals surface area contributed by atoms with Crippen molar-refractivity contribution in [2.45, 2.75) is 78.6 Å². The molecule has 334 valence electrons. The Bertz CT molecular complexity index is 3150. The van der Waals surface area contributed by atoms with Gasteiger partial charge in [0.05, 0.1) is 46.5 Å². The van der Waals surface area contributed by atoms with Gasteiger partial charge in [-0.25, -0.2) is 0 Å². The van der Waals surface area contributed by atoms with Crippen molar-refractivity contribution in [1.29, 1.82) is 0 Å². The maximum Gasteiger partial charge on any atom is 0.329 e. The Morgan fingerprint density at radius 1 is 0.625 bits per heavy atom. The van der Waals surface area contributed by atoms with Crippen LogP contribution in [0.3, 0.4) is 0 Å². The molecule has 0 aliphatic heterocycles. The summed E-state index contributed by atoms with van der Waals surface area (Å²) in [4.78, 5) is 60.7. The van der Waals surface area contributed by atoms with Gasteiger partial charge in [0.15, 0.2) is 0 Å². The highest BCUT2D eigenvalue weighted by atomic mass is 19.3. The molecule has 4 N–H and O–H groups in total. The van der Waals surface area contributed by atoms with E-state index in [0.717, 1.165) is 14.7 Å². The van der Waals surface area contributed by atoms with Crippen molar-refractivity contribution in [3.63, 3.8) is 0 Å². The van der Waals surface area contributed by atoms with Crippen molar-refractivity contribution in [2.75, 3.05) is 0 Å². The molecule has 4 aromatic heterocycles. The first-order chi connectivity index (χ1) is 30.2. The molecule has 0 atom stereocenters. The number of alkyl halides is 4. The van der Waals surface area contributed by atoms with Crippen LogP contribution in [0.5, 0.6) is 0 Å². The average molecular weight is 883 g/mol. The Balaban J connectivity index is 1.41. The van der Waals surface area contributed by atoms with Crippen LogP contribution in [0, 0.1) is 13.8 Å². The lowest BCUT2D eigenvalue weighted by Gasteiger charge is -2.28. The number of hydrogen-bond acceptors (Lipinski definition) is 6. The average Bonchev–Trinajstić information content (AvgIpc) is 3.98. The summed E-state index contributed by atoms with van der Waals surface area (Å²) in [6.45, 7) is 3.93. The third-order valence-electron chi connectivity index (χ3n) is 11.1. The second-order valence-electron chi connectivity index (χ2n) is 15.5. The molecule has 4 heterocycles. The minimum atomic E-state index is -4.92. The fraction of sp³-hybridized carbons (Fsp3) is 0.318. The highest BCUT2D eigenvalue weighted by Gasteiger charge is 2.57. The molecule has 7 rings (SSSR count). The quantitative estimate of drug-likeness (QED) is 0.148. The van der Waals surface area contributed by atoms with E-state index in [9.17, 15) is 19.2 Å². The van der Waals surface area contributed by atoms with Gasteiger partial charge in [0.2, 0.25) is 23.1 Å². The van der Waals surface area contributed by atoms with Crippen LogP contribution < -0.4 is 22.7 Å². The first kappa shape index (κ1) is 44.7.